The fraction of sp³-hybridized carbons (Fsp3) is 0.227. The van der Waals surface area contributed by atoms with Gasteiger partial charge in [0.15, 0.2) is 16.7 Å². The van der Waals surface area contributed by atoms with Crippen molar-refractivity contribution in [1.29, 1.82) is 5.26 Å². The Kier molecular flexibility index (Phi) is 5.93. The molecule has 4 aromatic rings. The number of thiophene rings is 1. The van der Waals surface area contributed by atoms with E-state index in [9.17, 15) is 4.79 Å². The van der Waals surface area contributed by atoms with Crippen LogP contribution in [0.15, 0.2) is 52.4 Å². The highest BCUT2D eigenvalue weighted by atomic mass is 32.2. The number of aromatic nitrogens is 2. The number of nitriles is 1. The van der Waals surface area contributed by atoms with Crippen LogP contribution in [0.25, 0.3) is 20.3 Å². The van der Waals surface area contributed by atoms with Crippen LogP contribution in [0, 0.1) is 11.3 Å². The molecule has 0 aliphatic heterocycles. The maximum absolute atomic E-state index is 13.3. The first-order valence-electron chi connectivity index (χ1n) is 9.29. The van der Waals surface area contributed by atoms with Gasteiger partial charge in [-0.2, -0.15) is 5.26 Å². The third-order valence-electron chi connectivity index (χ3n) is 4.78. The minimum absolute atomic E-state index is 0.0675. The number of rotatable bonds is 7. The fourth-order valence-corrected chi connectivity index (χ4v) is 5.11. The Hall–Kier alpha value is -3.02. The van der Waals surface area contributed by atoms with Gasteiger partial charge >= 0.3 is 0 Å². The molecule has 2 heterocycles. The summed E-state index contributed by atoms with van der Waals surface area (Å²) in [5.41, 5.74) is 1.66. The zero-order valence-corrected chi connectivity index (χ0v) is 18.2. The maximum atomic E-state index is 13.3. The van der Waals surface area contributed by atoms with Crippen molar-refractivity contribution in [3.63, 3.8) is 0 Å². The van der Waals surface area contributed by atoms with Gasteiger partial charge in [0.05, 0.1) is 31.6 Å². The van der Waals surface area contributed by atoms with Crippen LogP contribution in [-0.2, 0) is 13.0 Å². The van der Waals surface area contributed by atoms with Gasteiger partial charge in [0.1, 0.15) is 4.70 Å². The Morgan fingerprint density at radius 2 is 1.97 bits per heavy atom. The van der Waals surface area contributed by atoms with E-state index in [0.29, 0.717) is 39.8 Å². The lowest BCUT2D eigenvalue weighted by molar-refractivity contribution is 0.354. The molecular weight excluding hydrogens is 418 g/mol. The first kappa shape index (κ1) is 20.3. The second-order valence-corrected chi connectivity index (χ2v) is 8.51. The monoisotopic (exact) mass is 437 g/mol. The first-order chi connectivity index (χ1) is 14.7. The predicted molar refractivity (Wildman–Crippen MR) is 121 cm³/mol. The van der Waals surface area contributed by atoms with Crippen molar-refractivity contribution < 1.29 is 9.47 Å². The van der Waals surface area contributed by atoms with Crippen molar-refractivity contribution in [2.45, 2.75) is 18.1 Å². The summed E-state index contributed by atoms with van der Waals surface area (Å²) in [6, 6.07) is 15.7. The van der Waals surface area contributed by atoms with Gasteiger partial charge in [-0.15, -0.1) is 11.3 Å². The molecule has 0 saturated carbocycles. The lowest BCUT2D eigenvalue weighted by Gasteiger charge is -2.13. The smallest absolute Gasteiger partial charge is 0.272 e. The molecule has 6 nitrogen and oxygen atoms in total. The lowest BCUT2D eigenvalue weighted by Crippen LogP contribution is -2.23. The van der Waals surface area contributed by atoms with Crippen molar-refractivity contribution >= 4 is 43.4 Å². The summed E-state index contributed by atoms with van der Waals surface area (Å²) in [5.74, 6) is 1.55. The Bertz CT molecular complexity index is 1320. The molecule has 0 atom stereocenters. The summed E-state index contributed by atoms with van der Waals surface area (Å²) in [6.07, 6.45) is 0.623. The summed E-state index contributed by atoms with van der Waals surface area (Å²) >= 11 is 2.75. The molecule has 0 fully saturated rings. The standard InChI is InChI=1S/C22H19N3O3S2/c1-27-16-8-7-14(13-17(16)28-2)9-11-25-21(26)20-19(24-22(25)29-12-10-23)15-5-3-4-6-18(15)30-20/h3-8,13H,9,11-12H2,1-2H3. The molecular formula is C22H19N3O3S2. The molecule has 0 radical (unpaired) electrons. The van der Waals surface area contributed by atoms with Gasteiger partial charge in [-0.3, -0.25) is 9.36 Å². The topological polar surface area (TPSA) is 77.1 Å². The minimum atomic E-state index is -0.0675. The molecule has 2 aromatic heterocycles. The van der Waals surface area contributed by atoms with E-state index in [0.717, 1.165) is 15.6 Å². The van der Waals surface area contributed by atoms with Crippen LogP contribution in [0.5, 0.6) is 11.5 Å². The number of methoxy groups -OCH3 is 2. The zero-order chi connectivity index (χ0) is 21.1. The molecule has 4 rings (SSSR count). The number of fused-ring (bicyclic) bond motifs is 3. The zero-order valence-electron chi connectivity index (χ0n) is 16.5. The van der Waals surface area contributed by atoms with Crippen LogP contribution in [0.1, 0.15) is 5.56 Å². The van der Waals surface area contributed by atoms with Crippen LogP contribution >= 0.6 is 23.1 Å². The average Bonchev–Trinajstić information content (AvgIpc) is 3.16. The molecule has 2 aromatic carbocycles. The number of thioether (sulfide) groups is 1. The molecule has 0 aliphatic carbocycles. The third-order valence-corrected chi connectivity index (χ3v) is 6.78. The Balaban J connectivity index is 1.75. The van der Waals surface area contributed by atoms with E-state index in [1.165, 1.54) is 23.1 Å². The van der Waals surface area contributed by atoms with Crippen molar-refractivity contribution in [2.24, 2.45) is 0 Å². The number of hydrogen-bond acceptors (Lipinski definition) is 7. The molecule has 0 N–H and O–H groups in total. The molecule has 0 unspecified atom stereocenters. The van der Waals surface area contributed by atoms with Crippen molar-refractivity contribution in [1.82, 2.24) is 9.55 Å². The van der Waals surface area contributed by atoms with Gasteiger partial charge in [0, 0.05) is 16.6 Å². The highest BCUT2D eigenvalue weighted by Gasteiger charge is 2.16. The second-order valence-electron chi connectivity index (χ2n) is 6.51. The SMILES string of the molecule is COc1ccc(CCn2c(SCC#N)nc3c(sc4ccccc43)c2=O)cc1OC. The fourth-order valence-electron chi connectivity index (χ4n) is 3.33. The third kappa shape index (κ3) is 3.74. The van der Waals surface area contributed by atoms with E-state index in [-0.39, 0.29) is 11.3 Å². The van der Waals surface area contributed by atoms with E-state index in [2.05, 4.69) is 6.07 Å². The quantitative estimate of drug-likeness (QED) is 0.313. The number of ether oxygens (including phenoxy) is 2. The first-order valence-corrected chi connectivity index (χ1v) is 11.1. The largest absolute Gasteiger partial charge is 0.493 e. The van der Waals surface area contributed by atoms with Crippen LogP contribution < -0.4 is 15.0 Å². The molecule has 0 spiro atoms. The number of hydrogen-bond donors (Lipinski definition) is 0. The van der Waals surface area contributed by atoms with E-state index in [1.54, 1.807) is 18.8 Å². The highest BCUT2D eigenvalue weighted by Crippen LogP contribution is 2.32. The highest BCUT2D eigenvalue weighted by molar-refractivity contribution is 7.99. The van der Waals surface area contributed by atoms with Crippen molar-refractivity contribution in [3.8, 4) is 17.6 Å². The van der Waals surface area contributed by atoms with E-state index < -0.39 is 0 Å². The Morgan fingerprint density at radius 3 is 2.73 bits per heavy atom. The average molecular weight is 438 g/mol. The van der Waals surface area contributed by atoms with Gasteiger partial charge in [0.25, 0.3) is 5.56 Å². The van der Waals surface area contributed by atoms with Gasteiger partial charge < -0.3 is 9.47 Å². The van der Waals surface area contributed by atoms with Crippen LogP contribution in [0.2, 0.25) is 0 Å². The summed E-state index contributed by atoms with van der Waals surface area (Å²) in [7, 11) is 3.20. The van der Waals surface area contributed by atoms with Crippen LogP contribution in [0.3, 0.4) is 0 Å². The summed E-state index contributed by atoms with van der Waals surface area (Å²) in [6.45, 7) is 0.458. The summed E-state index contributed by atoms with van der Waals surface area (Å²) < 4.78 is 14.0. The number of nitrogens with zero attached hydrogens (tertiary/aromatic N) is 3. The van der Waals surface area contributed by atoms with Crippen LogP contribution in [0.4, 0.5) is 0 Å². The van der Waals surface area contributed by atoms with Gasteiger partial charge in [-0.1, -0.05) is 36.0 Å². The van der Waals surface area contributed by atoms with E-state index in [1.807, 2.05) is 42.5 Å². The molecule has 8 heteroatoms. The predicted octanol–water partition coefficient (Wildman–Crippen LogP) is 4.49. The summed E-state index contributed by atoms with van der Waals surface area (Å²) in [5, 5.41) is 10.6. The number of benzene rings is 2. The number of aryl methyl sites for hydroxylation is 1. The van der Waals surface area contributed by atoms with Crippen molar-refractivity contribution in [2.75, 3.05) is 20.0 Å². The molecule has 0 amide bonds. The van der Waals surface area contributed by atoms with E-state index >= 15 is 0 Å². The molecule has 0 bridgehead atoms. The van der Waals surface area contributed by atoms with Gasteiger partial charge in [-0.25, -0.2) is 4.98 Å². The second kappa shape index (κ2) is 8.78. The molecule has 0 saturated heterocycles. The van der Waals surface area contributed by atoms with E-state index in [4.69, 9.17) is 19.7 Å². The molecule has 0 aliphatic rings. The maximum Gasteiger partial charge on any atom is 0.272 e. The van der Waals surface area contributed by atoms with Gasteiger partial charge in [0.2, 0.25) is 0 Å². The minimum Gasteiger partial charge on any atom is -0.493 e. The Morgan fingerprint density at radius 1 is 1.17 bits per heavy atom. The Labute approximate surface area is 181 Å². The molecule has 152 valence electrons. The summed E-state index contributed by atoms with van der Waals surface area (Å²) in [4.78, 5) is 18.1. The van der Waals surface area contributed by atoms with Crippen molar-refractivity contribution in [3.05, 3.63) is 58.4 Å². The van der Waals surface area contributed by atoms with Crippen LogP contribution in [-0.4, -0.2) is 29.5 Å². The molecule has 30 heavy (non-hydrogen) atoms. The lowest BCUT2D eigenvalue weighted by atomic mass is 10.1. The normalized spacial score (nSPS) is 11.0. The van der Waals surface area contributed by atoms with Gasteiger partial charge in [-0.05, 0) is 30.2 Å².